The smallest absolute Gasteiger partial charge is 0.229 e. The summed E-state index contributed by atoms with van der Waals surface area (Å²) in [5.74, 6) is 0.579. The van der Waals surface area contributed by atoms with Gasteiger partial charge in [-0.25, -0.2) is 9.97 Å². The number of hydrogen-bond acceptors (Lipinski definition) is 4. The Bertz CT molecular complexity index is 487. The molecule has 0 atom stereocenters. The van der Waals surface area contributed by atoms with Gasteiger partial charge in [-0.05, 0) is 24.3 Å². The third-order valence-corrected chi connectivity index (χ3v) is 2.50. The van der Waals surface area contributed by atoms with Crippen molar-refractivity contribution < 1.29 is 0 Å². The van der Waals surface area contributed by atoms with E-state index >= 15 is 0 Å². The largest absolute Gasteiger partial charge is 0.399 e. The maximum Gasteiger partial charge on any atom is 0.229 e. The summed E-state index contributed by atoms with van der Waals surface area (Å²) < 4.78 is 0. The van der Waals surface area contributed by atoms with E-state index < -0.39 is 0 Å². The van der Waals surface area contributed by atoms with E-state index in [1.165, 1.54) is 0 Å². The van der Waals surface area contributed by atoms with Gasteiger partial charge in [0.25, 0.3) is 0 Å². The average Bonchev–Trinajstić information content (AvgIpc) is 2.32. The van der Waals surface area contributed by atoms with Crippen LogP contribution in [0, 0.1) is 0 Å². The Labute approximate surface area is 98.7 Å². The summed E-state index contributed by atoms with van der Waals surface area (Å²) in [5, 5.41) is 0.615. The Morgan fingerprint density at radius 2 is 1.94 bits per heavy atom. The van der Waals surface area contributed by atoms with Crippen LogP contribution in [0.4, 0.5) is 17.3 Å². The van der Waals surface area contributed by atoms with E-state index in [1.54, 1.807) is 41.6 Å². The molecule has 1 aromatic heterocycles. The summed E-state index contributed by atoms with van der Waals surface area (Å²) in [6.07, 6.45) is 3.36. The van der Waals surface area contributed by atoms with Gasteiger partial charge in [0.05, 0.1) is 10.7 Å². The van der Waals surface area contributed by atoms with Crippen LogP contribution in [0.3, 0.4) is 0 Å². The van der Waals surface area contributed by atoms with E-state index in [-0.39, 0.29) is 0 Å². The third kappa shape index (κ3) is 2.06. The maximum absolute atomic E-state index is 6.09. The zero-order chi connectivity index (χ0) is 11.5. The molecule has 2 aromatic rings. The molecule has 0 saturated carbocycles. The van der Waals surface area contributed by atoms with Gasteiger partial charge in [-0.3, -0.25) is 0 Å². The first-order chi connectivity index (χ1) is 7.68. The number of rotatable bonds is 2. The predicted molar refractivity (Wildman–Crippen MR) is 66.0 cm³/mol. The zero-order valence-electron chi connectivity index (χ0n) is 8.76. The SMILES string of the molecule is CN(c1ncccn1)c1cc(N)ccc1Cl. The molecule has 4 nitrogen and oxygen atoms in total. The Morgan fingerprint density at radius 3 is 2.62 bits per heavy atom. The number of benzene rings is 1. The van der Waals surface area contributed by atoms with Crippen molar-refractivity contribution in [3.8, 4) is 0 Å². The minimum Gasteiger partial charge on any atom is -0.399 e. The number of hydrogen-bond donors (Lipinski definition) is 1. The van der Waals surface area contributed by atoms with Gasteiger partial charge in [0.15, 0.2) is 0 Å². The molecule has 5 heteroatoms. The van der Waals surface area contributed by atoms with Crippen LogP contribution in [0.1, 0.15) is 0 Å². The topological polar surface area (TPSA) is 55.0 Å². The van der Waals surface area contributed by atoms with Crippen LogP contribution < -0.4 is 10.6 Å². The van der Waals surface area contributed by atoms with Gasteiger partial charge in [-0.1, -0.05) is 11.6 Å². The van der Waals surface area contributed by atoms with Gasteiger partial charge in [0.1, 0.15) is 0 Å². The van der Waals surface area contributed by atoms with Crippen molar-refractivity contribution in [1.29, 1.82) is 0 Å². The maximum atomic E-state index is 6.09. The van der Waals surface area contributed by atoms with Gasteiger partial charge in [-0.2, -0.15) is 0 Å². The molecule has 82 valence electrons. The molecule has 0 aliphatic carbocycles. The lowest BCUT2D eigenvalue weighted by molar-refractivity contribution is 1.04. The highest BCUT2D eigenvalue weighted by molar-refractivity contribution is 6.33. The van der Waals surface area contributed by atoms with Crippen molar-refractivity contribution in [2.45, 2.75) is 0 Å². The highest BCUT2D eigenvalue weighted by Gasteiger charge is 2.10. The van der Waals surface area contributed by atoms with Crippen LogP contribution in [0.2, 0.25) is 5.02 Å². The molecule has 0 unspecified atom stereocenters. The van der Waals surface area contributed by atoms with Crippen molar-refractivity contribution >= 4 is 28.9 Å². The van der Waals surface area contributed by atoms with Gasteiger partial charge >= 0.3 is 0 Å². The highest BCUT2D eigenvalue weighted by Crippen LogP contribution is 2.30. The number of nitrogens with two attached hydrogens (primary N) is 1. The zero-order valence-corrected chi connectivity index (χ0v) is 9.52. The molecule has 0 aliphatic rings. The number of nitrogen functional groups attached to an aromatic ring is 1. The Hall–Kier alpha value is -1.81. The lowest BCUT2D eigenvalue weighted by Gasteiger charge is -2.18. The van der Waals surface area contributed by atoms with Gasteiger partial charge in [0.2, 0.25) is 5.95 Å². The van der Waals surface area contributed by atoms with Crippen LogP contribution in [0.5, 0.6) is 0 Å². The van der Waals surface area contributed by atoms with E-state index in [0.717, 1.165) is 5.69 Å². The lowest BCUT2D eigenvalue weighted by Crippen LogP contribution is -2.13. The normalized spacial score (nSPS) is 10.1. The van der Waals surface area contributed by atoms with Crippen LogP contribution in [-0.2, 0) is 0 Å². The molecule has 2 N–H and O–H groups in total. The van der Waals surface area contributed by atoms with Crippen molar-refractivity contribution in [3.05, 3.63) is 41.7 Å². The second kappa shape index (κ2) is 4.37. The standard InChI is InChI=1S/C11H11ClN4/c1-16(11-14-5-2-6-15-11)10-7-8(13)3-4-9(10)12/h2-7H,13H2,1H3. The van der Waals surface area contributed by atoms with Crippen LogP contribution in [-0.4, -0.2) is 17.0 Å². The first-order valence-corrected chi connectivity index (χ1v) is 5.12. The van der Waals surface area contributed by atoms with Crippen molar-refractivity contribution in [2.24, 2.45) is 0 Å². The molecule has 0 amide bonds. The summed E-state index contributed by atoms with van der Waals surface area (Å²) in [4.78, 5) is 10.1. The monoisotopic (exact) mass is 234 g/mol. The fourth-order valence-corrected chi connectivity index (χ4v) is 1.60. The highest BCUT2D eigenvalue weighted by atomic mass is 35.5. The summed E-state index contributed by atoms with van der Waals surface area (Å²) in [6, 6.07) is 7.06. The molecule has 1 aromatic carbocycles. The fourth-order valence-electron chi connectivity index (χ4n) is 1.36. The summed E-state index contributed by atoms with van der Waals surface area (Å²) in [7, 11) is 1.84. The average molecular weight is 235 g/mol. The Balaban J connectivity index is 2.41. The van der Waals surface area contributed by atoms with Gasteiger partial charge in [0, 0.05) is 25.1 Å². The first kappa shape index (κ1) is 10.7. The second-order valence-electron chi connectivity index (χ2n) is 3.32. The number of halogens is 1. The summed E-state index contributed by atoms with van der Waals surface area (Å²) in [6.45, 7) is 0. The summed E-state index contributed by atoms with van der Waals surface area (Å²) in [5.41, 5.74) is 7.16. The number of nitrogens with zero attached hydrogens (tertiary/aromatic N) is 3. The fraction of sp³-hybridized carbons (Fsp3) is 0.0909. The van der Waals surface area contributed by atoms with Crippen LogP contribution in [0.15, 0.2) is 36.7 Å². The van der Waals surface area contributed by atoms with E-state index in [1.807, 2.05) is 7.05 Å². The second-order valence-corrected chi connectivity index (χ2v) is 3.73. The van der Waals surface area contributed by atoms with E-state index in [4.69, 9.17) is 17.3 Å². The number of anilines is 3. The molecule has 0 bridgehead atoms. The molecule has 0 saturated heterocycles. The molecule has 1 heterocycles. The predicted octanol–water partition coefficient (Wildman–Crippen LogP) is 2.48. The van der Waals surface area contributed by atoms with E-state index in [0.29, 0.717) is 16.7 Å². The molecule has 2 rings (SSSR count). The van der Waals surface area contributed by atoms with E-state index in [9.17, 15) is 0 Å². The van der Waals surface area contributed by atoms with E-state index in [2.05, 4.69) is 9.97 Å². The molecular weight excluding hydrogens is 224 g/mol. The Kier molecular flexibility index (Phi) is 2.92. The third-order valence-electron chi connectivity index (χ3n) is 2.18. The molecule has 0 spiro atoms. The van der Waals surface area contributed by atoms with Crippen molar-refractivity contribution in [1.82, 2.24) is 9.97 Å². The molecule has 16 heavy (non-hydrogen) atoms. The molecule has 0 radical (unpaired) electrons. The quantitative estimate of drug-likeness (QED) is 0.812. The van der Waals surface area contributed by atoms with Gasteiger partial charge in [-0.15, -0.1) is 0 Å². The van der Waals surface area contributed by atoms with Crippen LogP contribution >= 0.6 is 11.6 Å². The van der Waals surface area contributed by atoms with Crippen molar-refractivity contribution in [2.75, 3.05) is 17.7 Å². The minimum absolute atomic E-state index is 0.579. The number of aromatic nitrogens is 2. The van der Waals surface area contributed by atoms with Crippen LogP contribution in [0.25, 0.3) is 0 Å². The first-order valence-electron chi connectivity index (χ1n) is 4.74. The Morgan fingerprint density at radius 1 is 1.25 bits per heavy atom. The van der Waals surface area contributed by atoms with Crippen molar-refractivity contribution in [3.63, 3.8) is 0 Å². The summed E-state index contributed by atoms with van der Waals surface area (Å²) >= 11 is 6.09. The molecular formula is C11H11ClN4. The molecule has 0 fully saturated rings. The lowest BCUT2D eigenvalue weighted by atomic mass is 10.2. The van der Waals surface area contributed by atoms with Gasteiger partial charge < -0.3 is 10.6 Å². The molecule has 0 aliphatic heterocycles. The minimum atomic E-state index is 0.579.